The first kappa shape index (κ1) is 19.7. The summed E-state index contributed by atoms with van der Waals surface area (Å²) in [6.45, 7) is 0.810. The highest BCUT2D eigenvalue weighted by Gasteiger charge is 2.47. The van der Waals surface area contributed by atoms with Gasteiger partial charge in [-0.1, -0.05) is 30.3 Å². The predicted molar refractivity (Wildman–Crippen MR) is 117 cm³/mol. The number of hydrogen-bond donors (Lipinski definition) is 2. The Morgan fingerprint density at radius 3 is 2.28 bits per heavy atom. The van der Waals surface area contributed by atoms with Crippen LogP contribution in [-0.4, -0.2) is 35.1 Å². The molecule has 2 heterocycles. The van der Waals surface area contributed by atoms with E-state index in [1.165, 1.54) is 17.0 Å². The van der Waals surface area contributed by atoms with Gasteiger partial charge in [-0.05, 0) is 48.0 Å². The number of carbonyl (C=O) groups excluding carboxylic acids is 2. The van der Waals surface area contributed by atoms with E-state index in [1.807, 2.05) is 6.07 Å². The van der Waals surface area contributed by atoms with Crippen molar-refractivity contribution in [3.05, 3.63) is 89.5 Å². The summed E-state index contributed by atoms with van der Waals surface area (Å²) >= 11 is 0. The lowest BCUT2D eigenvalue weighted by molar-refractivity contribution is -0.132. The minimum atomic E-state index is -0.869. The van der Waals surface area contributed by atoms with E-state index in [4.69, 9.17) is 9.47 Å². The van der Waals surface area contributed by atoms with Crippen LogP contribution in [-0.2, 0) is 9.59 Å². The van der Waals surface area contributed by atoms with Crippen LogP contribution in [0.2, 0.25) is 0 Å². The van der Waals surface area contributed by atoms with Crippen molar-refractivity contribution in [2.45, 2.75) is 6.04 Å². The molecule has 1 fully saturated rings. The number of nitrogens with zero attached hydrogens (tertiary/aromatic N) is 1. The molecular weight excluding hydrogens is 410 g/mol. The van der Waals surface area contributed by atoms with Crippen LogP contribution in [0.5, 0.6) is 17.2 Å². The molecule has 3 aromatic carbocycles. The Morgan fingerprint density at radius 2 is 1.56 bits per heavy atom. The third kappa shape index (κ3) is 3.24. The van der Waals surface area contributed by atoms with Crippen molar-refractivity contribution >= 4 is 23.1 Å². The first-order valence-corrected chi connectivity index (χ1v) is 10.1. The van der Waals surface area contributed by atoms with Gasteiger partial charge in [-0.3, -0.25) is 14.5 Å². The van der Waals surface area contributed by atoms with Gasteiger partial charge in [0.2, 0.25) is 0 Å². The zero-order valence-electron chi connectivity index (χ0n) is 16.9. The monoisotopic (exact) mass is 429 g/mol. The summed E-state index contributed by atoms with van der Waals surface area (Å²) in [7, 11) is 0. The molecule has 0 saturated carbocycles. The SMILES string of the molecule is O=C1C(=O)N(c2ccccc2)C(c2ccc(O)cc2)/C1=C(/O)c1ccc2c(c1)OCCO2. The molecular formula is C25H19NO6. The van der Waals surface area contributed by atoms with Gasteiger partial charge < -0.3 is 19.7 Å². The number of aromatic hydroxyl groups is 1. The van der Waals surface area contributed by atoms with Crippen molar-refractivity contribution in [3.63, 3.8) is 0 Å². The third-order valence-electron chi connectivity index (χ3n) is 5.50. The average molecular weight is 429 g/mol. The summed E-state index contributed by atoms with van der Waals surface area (Å²) in [5.41, 5.74) is 1.39. The Kier molecular flexibility index (Phi) is 4.78. The van der Waals surface area contributed by atoms with E-state index >= 15 is 0 Å². The summed E-state index contributed by atoms with van der Waals surface area (Å²) < 4.78 is 11.1. The standard InChI is InChI=1S/C25H19NO6/c27-18-9-6-15(7-10-18)22-21(24(29)25(30)26(22)17-4-2-1-3-5-17)23(28)16-8-11-19-20(14-16)32-13-12-31-19/h1-11,14,22,27-28H,12-13H2/b23-21-. The summed E-state index contributed by atoms with van der Waals surface area (Å²) in [5.74, 6) is -0.784. The van der Waals surface area contributed by atoms with E-state index in [0.29, 0.717) is 41.5 Å². The lowest BCUT2D eigenvalue weighted by atomic mass is 9.95. The van der Waals surface area contributed by atoms with Crippen LogP contribution >= 0.6 is 0 Å². The predicted octanol–water partition coefficient (Wildman–Crippen LogP) is 3.79. The lowest BCUT2D eigenvalue weighted by Gasteiger charge is -2.25. The minimum absolute atomic E-state index is 0.0405. The van der Waals surface area contributed by atoms with Gasteiger partial charge in [0.25, 0.3) is 11.7 Å². The van der Waals surface area contributed by atoms with Gasteiger partial charge in [0, 0.05) is 11.3 Å². The van der Waals surface area contributed by atoms with Crippen LogP contribution < -0.4 is 14.4 Å². The average Bonchev–Trinajstić information content (AvgIpc) is 3.09. The van der Waals surface area contributed by atoms with Crippen molar-refractivity contribution < 1.29 is 29.3 Å². The number of aliphatic hydroxyl groups is 1. The lowest BCUT2D eigenvalue weighted by Crippen LogP contribution is -2.29. The molecule has 160 valence electrons. The number of fused-ring (bicyclic) bond motifs is 1. The van der Waals surface area contributed by atoms with Gasteiger partial charge in [-0.15, -0.1) is 0 Å². The Hall–Kier alpha value is -4.26. The number of phenolic OH excluding ortho intramolecular Hbond substituents is 1. The maximum absolute atomic E-state index is 13.1. The summed E-state index contributed by atoms with van der Waals surface area (Å²) in [6.07, 6.45) is 0. The zero-order valence-corrected chi connectivity index (χ0v) is 16.9. The molecule has 1 atom stereocenters. The zero-order chi connectivity index (χ0) is 22.2. The number of Topliss-reactive ketones (excluding diaryl/α,β-unsaturated/α-hetero) is 1. The number of rotatable bonds is 3. The van der Waals surface area contributed by atoms with E-state index in [9.17, 15) is 19.8 Å². The van der Waals surface area contributed by atoms with Crippen LogP contribution in [0.25, 0.3) is 5.76 Å². The largest absolute Gasteiger partial charge is 0.508 e. The number of carbonyl (C=O) groups is 2. The molecule has 3 aromatic rings. The molecule has 32 heavy (non-hydrogen) atoms. The molecule has 0 aromatic heterocycles. The Labute approximate surface area is 183 Å². The molecule has 1 saturated heterocycles. The highest BCUT2D eigenvalue weighted by atomic mass is 16.6. The fourth-order valence-corrected chi connectivity index (χ4v) is 4.01. The normalized spacial score (nSPS) is 19.2. The molecule has 2 aliphatic rings. The van der Waals surface area contributed by atoms with Gasteiger partial charge in [0.05, 0.1) is 11.6 Å². The number of ketones is 1. The van der Waals surface area contributed by atoms with Crippen LogP contribution in [0.1, 0.15) is 17.2 Å². The van der Waals surface area contributed by atoms with Crippen molar-refractivity contribution in [3.8, 4) is 17.2 Å². The number of aliphatic hydroxyl groups excluding tert-OH is 1. The Balaban J connectivity index is 1.69. The number of anilines is 1. The topological polar surface area (TPSA) is 96.3 Å². The second-order valence-corrected chi connectivity index (χ2v) is 7.45. The van der Waals surface area contributed by atoms with Crippen LogP contribution in [0.15, 0.2) is 78.4 Å². The number of hydrogen-bond acceptors (Lipinski definition) is 6. The highest BCUT2D eigenvalue weighted by molar-refractivity contribution is 6.51. The van der Waals surface area contributed by atoms with Crippen molar-refractivity contribution in [2.24, 2.45) is 0 Å². The number of phenols is 1. The van der Waals surface area contributed by atoms with Gasteiger partial charge in [-0.25, -0.2) is 0 Å². The van der Waals surface area contributed by atoms with Gasteiger partial charge in [0.15, 0.2) is 11.5 Å². The highest BCUT2D eigenvalue weighted by Crippen LogP contribution is 2.43. The number of ether oxygens (including phenoxy) is 2. The van der Waals surface area contributed by atoms with Crippen molar-refractivity contribution in [1.82, 2.24) is 0 Å². The Morgan fingerprint density at radius 1 is 0.875 bits per heavy atom. The number of amides is 1. The first-order valence-electron chi connectivity index (χ1n) is 10.1. The quantitative estimate of drug-likeness (QED) is 0.374. The second kappa shape index (κ2) is 7.77. The molecule has 5 rings (SSSR count). The van der Waals surface area contributed by atoms with E-state index in [0.717, 1.165) is 0 Å². The molecule has 2 aliphatic heterocycles. The van der Waals surface area contributed by atoms with Gasteiger partial charge in [-0.2, -0.15) is 0 Å². The summed E-state index contributed by atoms with van der Waals surface area (Å²) in [6, 6.07) is 19.0. The molecule has 0 spiro atoms. The number of para-hydroxylation sites is 1. The molecule has 2 N–H and O–H groups in total. The molecule has 1 amide bonds. The van der Waals surface area contributed by atoms with Crippen molar-refractivity contribution in [2.75, 3.05) is 18.1 Å². The smallest absolute Gasteiger partial charge is 0.300 e. The van der Waals surface area contributed by atoms with Gasteiger partial charge >= 0.3 is 0 Å². The molecule has 0 bridgehead atoms. The maximum Gasteiger partial charge on any atom is 0.300 e. The van der Waals surface area contributed by atoms with Crippen LogP contribution in [0, 0.1) is 0 Å². The molecule has 0 aliphatic carbocycles. The number of benzene rings is 3. The summed E-state index contributed by atoms with van der Waals surface area (Å²) in [5, 5.41) is 20.9. The van der Waals surface area contributed by atoms with Crippen LogP contribution in [0.3, 0.4) is 0 Å². The van der Waals surface area contributed by atoms with Gasteiger partial charge in [0.1, 0.15) is 24.7 Å². The fourth-order valence-electron chi connectivity index (χ4n) is 4.01. The van der Waals surface area contributed by atoms with E-state index in [2.05, 4.69) is 0 Å². The van der Waals surface area contributed by atoms with E-state index < -0.39 is 17.7 Å². The molecule has 7 heteroatoms. The second-order valence-electron chi connectivity index (χ2n) is 7.45. The first-order chi connectivity index (χ1) is 15.5. The third-order valence-corrected chi connectivity index (χ3v) is 5.50. The maximum atomic E-state index is 13.1. The Bertz CT molecular complexity index is 1230. The van der Waals surface area contributed by atoms with Crippen LogP contribution in [0.4, 0.5) is 5.69 Å². The molecule has 0 radical (unpaired) electrons. The molecule has 1 unspecified atom stereocenters. The fraction of sp³-hybridized carbons (Fsp3) is 0.120. The van der Waals surface area contributed by atoms with E-state index in [1.54, 1.807) is 54.6 Å². The summed E-state index contributed by atoms with van der Waals surface area (Å²) in [4.78, 5) is 27.6. The molecule has 7 nitrogen and oxygen atoms in total. The van der Waals surface area contributed by atoms with E-state index in [-0.39, 0.29) is 17.1 Å². The van der Waals surface area contributed by atoms with Crippen molar-refractivity contribution in [1.29, 1.82) is 0 Å². The minimum Gasteiger partial charge on any atom is -0.508 e.